The van der Waals surface area contributed by atoms with Crippen molar-refractivity contribution in [3.63, 3.8) is 0 Å². The monoisotopic (exact) mass is 300 g/mol. The highest BCUT2D eigenvalue weighted by atomic mass is 32.1. The topological polar surface area (TPSA) is 81.6 Å². The van der Waals surface area contributed by atoms with Crippen molar-refractivity contribution in [2.45, 2.75) is 20.8 Å². The van der Waals surface area contributed by atoms with Crippen LogP contribution in [0.5, 0.6) is 0 Å². The normalized spacial score (nSPS) is 10.8. The van der Waals surface area contributed by atoms with Crippen molar-refractivity contribution in [3.05, 3.63) is 40.4 Å². The molecule has 3 N–H and O–H groups in total. The Labute approximate surface area is 126 Å². The molecule has 108 valence electrons. The molecule has 3 rings (SSSR count). The van der Waals surface area contributed by atoms with Crippen LogP contribution in [0.3, 0.4) is 0 Å². The van der Waals surface area contributed by atoms with Gasteiger partial charge in [0, 0.05) is 11.1 Å². The molecule has 0 unspecified atom stereocenters. The lowest BCUT2D eigenvalue weighted by atomic mass is 10.1. The maximum Gasteiger partial charge on any atom is 0.248 e. The Morgan fingerprint density at radius 1 is 1.10 bits per heavy atom. The van der Waals surface area contributed by atoms with Crippen molar-refractivity contribution < 1.29 is 0 Å². The molecule has 2 heterocycles. The average molecular weight is 300 g/mol. The number of hydrogen-bond acceptors (Lipinski definition) is 6. The number of nitrogens with zero attached hydrogens (tertiary/aromatic N) is 4. The molecule has 21 heavy (non-hydrogen) atoms. The summed E-state index contributed by atoms with van der Waals surface area (Å²) in [6.07, 6.45) is 0. The third kappa shape index (κ3) is 2.87. The Morgan fingerprint density at radius 3 is 2.43 bits per heavy atom. The van der Waals surface area contributed by atoms with Crippen LogP contribution < -0.4 is 11.1 Å². The van der Waals surface area contributed by atoms with E-state index < -0.39 is 0 Å². The van der Waals surface area contributed by atoms with Crippen LogP contribution in [-0.2, 0) is 0 Å². The fraction of sp³-hybridized carbons (Fsp3) is 0.214. The van der Waals surface area contributed by atoms with Crippen LogP contribution in [0.1, 0.15) is 16.8 Å². The second kappa shape index (κ2) is 5.17. The molecule has 0 radical (unpaired) electrons. The van der Waals surface area contributed by atoms with E-state index in [1.54, 1.807) is 4.68 Å². The lowest BCUT2D eigenvalue weighted by Gasteiger charge is -2.04. The molecule has 0 aliphatic heterocycles. The van der Waals surface area contributed by atoms with Gasteiger partial charge in [-0.15, -0.1) is 16.4 Å². The number of nitrogens with two attached hydrogens (primary N) is 1. The fourth-order valence-electron chi connectivity index (χ4n) is 2.13. The molecule has 0 fully saturated rings. The number of nitrogens with one attached hydrogen (secondary N) is 1. The number of rotatable bonds is 3. The molecule has 1 aromatic carbocycles. The van der Waals surface area contributed by atoms with Crippen molar-refractivity contribution in [1.29, 1.82) is 0 Å². The van der Waals surface area contributed by atoms with Crippen molar-refractivity contribution in [3.8, 4) is 5.13 Å². The Morgan fingerprint density at radius 2 is 1.81 bits per heavy atom. The summed E-state index contributed by atoms with van der Waals surface area (Å²) in [5, 5.41) is 10.2. The Bertz CT molecular complexity index is 768. The number of hydrogen-bond donors (Lipinski definition) is 2. The van der Waals surface area contributed by atoms with Crippen LogP contribution in [0.25, 0.3) is 5.13 Å². The van der Waals surface area contributed by atoms with Crippen molar-refractivity contribution in [1.82, 2.24) is 19.7 Å². The number of aryl methyl sites for hydroxylation is 3. The van der Waals surface area contributed by atoms with Crippen LogP contribution >= 0.6 is 11.3 Å². The second-order valence-corrected chi connectivity index (χ2v) is 5.81. The van der Waals surface area contributed by atoms with Gasteiger partial charge in [0.15, 0.2) is 0 Å². The van der Waals surface area contributed by atoms with Gasteiger partial charge in [0.2, 0.25) is 17.0 Å². The zero-order valence-electron chi connectivity index (χ0n) is 12.1. The Hall–Kier alpha value is -2.41. The smallest absolute Gasteiger partial charge is 0.248 e. The second-order valence-electron chi connectivity index (χ2n) is 4.98. The highest BCUT2D eigenvalue weighted by Gasteiger charge is 2.11. The minimum atomic E-state index is 0.316. The Kier molecular flexibility index (Phi) is 3.34. The van der Waals surface area contributed by atoms with E-state index in [-0.39, 0.29) is 0 Å². The van der Waals surface area contributed by atoms with Crippen molar-refractivity contribution >= 4 is 28.9 Å². The highest BCUT2D eigenvalue weighted by molar-refractivity contribution is 7.12. The van der Waals surface area contributed by atoms with Gasteiger partial charge >= 0.3 is 0 Å². The molecule has 0 atom stereocenters. The summed E-state index contributed by atoms with van der Waals surface area (Å²) in [4.78, 5) is 8.60. The quantitative estimate of drug-likeness (QED) is 0.777. The van der Waals surface area contributed by atoms with Gasteiger partial charge in [-0.05, 0) is 44.0 Å². The Balaban J connectivity index is 1.90. The first kappa shape index (κ1) is 13.6. The van der Waals surface area contributed by atoms with E-state index in [1.807, 2.05) is 24.4 Å². The van der Waals surface area contributed by atoms with Gasteiger partial charge in [-0.1, -0.05) is 6.07 Å². The summed E-state index contributed by atoms with van der Waals surface area (Å²) in [5.41, 5.74) is 10.2. The summed E-state index contributed by atoms with van der Waals surface area (Å²) < 4.78 is 1.54. The first-order valence-corrected chi connectivity index (χ1v) is 7.39. The van der Waals surface area contributed by atoms with Crippen LogP contribution in [0.2, 0.25) is 0 Å². The van der Waals surface area contributed by atoms with Crippen molar-refractivity contribution in [2.24, 2.45) is 0 Å². The van der Waals surface area contributed by atoms with Crippen LogP contribution in [0.15, 0.2) is 23.6 Å². The summed E-state index contributed by atoms with van der Waals surface area (Å²) in [7, 11) is 0. The molecule has 0 saturated heterocycles. The SMILES string of the molecule is Cc1cc(C)cc(Nc2nc(N)n(-c3nc(C)cs3)n2)c1. The minimum Gasteiger partial charge on any atom is -0.368 e. The molecular formula is C14H16N6S. The lowest BCUT2D eigenvalue weighted by molar-refractivity contribution is 0.878. The zero-order chi connectivity index (χ0) is 15.0. The van der Waals surface area contributed by atoms with E-state index in [0.29, 0.717) is 17.0 Å². The third-order valence-electron chi connectivity index (χ3n) is 2.90. The largest absolute Gasteiger partial charge is 0.368 e. The maximum absolute atomic E-state index is 5.91. The van der Waals surface area contributed by atoms with Crippen LogP contribution in [-0.4, -0.2) is 19.7 Å². The van der Waals surface area contributed by atoms with Gasteiger partial charge < -0.3 is 11.1 Å². The average Bonchev–Trinajstić information content (AvgIpc) is 2.94. The first-order chi connectivity index (χ1) is 10.0. The van der Waals surface area contributed by atoms with E-state index in [2.05, 4.69) is 40.3 Å². The molecule has 0 amide bonds. The predicted octanol–water partition coefficient (Wildman–Crippen LogP) is 2.97. The van der Waals surface area contributed by atoms with Gasteiger partial charge in [0.1, 0.15) is 0 Å². The number of anilines is 3. The molecule has 6 nitrogen and oxygen atoms in total. The molecule has 3 aromatic rings. The molecule has 0 aliphatic rings. The van der Waals surface area contributed by atoms with Gasteiger partial charge in [-0.3, -0.25) is 0 Å². The predicted molar refractivity (Wildman–Crippen MR) is 85.4 cm³/mol. The number of aromatic nitrogens is 4. The summed E-state index contributed by atoms with van der Waals surface area (Å²) >= 11 is 1.48. The van der Waals surface area contributed by atoms with Crippen LogP contribution in [0, 0.1) is 20.8 Å². The standard InChI is InChI=1S/C14H16N6S/c1-8-4-9(2)6-11(5-8)17-13-18-12(15)20(19-13)14-16-10(3)7-21-14/h4-7H,1-3H3,(H3,15,17,18,19). The molecule has 0 bridgehead atoms. The van der Waals surface area contributed by atoms with Crippen molar-refractivity contribution in [2.75, 3.05) is 11.1 Å². The lowest BCUT2D eigenvalue weighted by Crippen LogP contribution is -2.02. The zero-order valence-corrected chi connectivity index (χ0v) is 12.9. The fourth-order valence-corrected chi connectivity index (χ4v) is 2.89. The van der Waals surface area contributed by atoms with E-state index in [4.69, 9.17) is 5.73 Å². The maximum atomic E-state index is 5.91. The molecule has 0 aliphatic carbocycles. The number of nitrogen functional groups attached to an aromatic ring is 1. The third-order valence-corrected chi connectivity index (χ3v) is 3.83. The van der Waals surface area contributed by atoms with Gasteiger partial charge in [0.25, 0.3) is 0 Å². The summed E-state index contributed by atoms with van der Waals surface area (Å²) in [6, 6.07) is 6.19. The van der Waals surface area contributed by atoms with E-state index in [1.165, 1.54) is 22.5 Å². The molecule has 0 spiro atoms. The molecule has 2 aromatic heterocycles. The molecule has 7 heteroatoms. The number of benzene rings is 1. The molecular weight excluding hydrogens is 284 g/mol. The van der Waals surface area contributed by atoms with Gasteiger partial charge in [-0.25, -0.2) is 4.98 Å². The highest BCUT2D eigenvalue weighted by Crippen LogP contribution is 2.21. The van der Waals surface area contributed by atoms with Gasteiger partial charge in [-0.2, -0.15) is 9.67 Å². The summed E-state index contributed by atoms with van der Waals surface area (Å²) in [6.45, 7) is 6.04. The van der Waals surface area contributed by atoms with E-state index in [0.717, 1.165) is 11.4 Å². The van der Waals surface area contributed by atoms with Gasteiger partial charge in [0.05, 0.1) is 5.69 Å². The minimum absolute atomic E-state index is 0.316. The molecule has 0 saturated carbocycles. The van der Waals surface area contributed by atoms with E-state index in [9.17, 15) is 0 Å². The summed E-state index contributed by atoms with van der Waals surface area (Å²) in [5.74, 6) is 0.779. The van der Waals surface area contributed by atoms with E-state index >= 15 is 0 Å². The van der Waals surface area contributed by atoms with Crippen LogP contribution in [0.4, 0.5) is 17.6 Å². The number of thiazole rings is 1. The first-order valence-electron chi connectivity index (χ1n) is 6.51.